The van der Waals surface area contributed by atoms with Gasteiger partial charge in [0.2, 0.25) is 0 Å². The molecule has 0 spiro atoms. The Morgan fingerprint density at radius 1 is 1.39 bits per heavy atom. The lowest BCUT2D eigenvalue weighted by Crippen LogP contribution is -2.31. The van der Waals surface area contributed by atoms with Crippen molar-refractivity contribution in [2.24, 2.45) is 11.7 Å². The van der Waals surface area contributed by atoms with Crippen LogP contribution in [0.25, 0.3) is 5.65 Å². The molecule has 1 saturated heterocycles. The molecular weight excluding hydrogens is 226 g/mol. The molecule has 0 bridgehead atoms. The highest BCUT2D eigenvalue weighted by Crippen LogP contribution is 2.16. The molecule has 0 aromatic carbocycles. The Kier molecular flexibility index (Phi) is 3.25. The standard InChI is InChI=1S/C13H19N5/c14-7-11-3-4-12-16-17-13(18(12)9-11)6-10-2-1-5-15-8-10/h3-4,9-10,15H,1-2,5-8,14H2. The van der Waals surface area contributed by atoms with Gasteiger partial charge in [0.25, 0.3) is 0 Å². The van der Waals surface area contributed by atoms with Crippen molar-refractivity contribution >= 4 is 5.65 Å². The molecule has 1 atom stereocenters. The third-order valence-electron chi connectivity index (χ3n) is 3.64. The van der Waals surface area contributed by atoms with E-state index in [2.05, 4.69) is 26.1 Å². The molecule has 1 aliphatic heterocycles. The van der Waals surface area contributed by atoms with Gasteiger partial charge in [-0.3, -0.25) is 4.40 Å². The predicted octanol–water partition coefficient (Wildman–Crippen LogP) is 0.730. The number of hydrogen-bond acceptors (Lipinski definition) is 4. The molecule has 1 unspecified atom stereocenters. The second kappa shape index (κ2) is 5.04. The van der Waals surface area contributed by atoms with E-state index in [1.54, 1.807) is 0 Å². The lowest BCUT2D eigenvalue weighted by Gasteiger charge is -2.21. The molecule has 5 nitrogen and oxygen atoms in total. The summed E-state index contributed by atoms with van der Waals surface area (Å²) in [6.07, 6.45) is 5.58. The SMILES string of the molecule is NCc1ccc2nnc(CC3CCCNC3)n2c1. The zero-order valence-electron chi connectivity index (χ0n) is 10.5. The fourth-order valence-corrected chi connectivity index (χ4v) is 2.60. The van der Waals surface area contributed by atoms with Gasteiger partial charge in [-0.2, -0.15) is 0 Å². The van der Waals surface area contributed by atoms with E-state index >= 15 is 0 Å². The summed E-state index contributed by atoms with van der Waals surface area (Å²) in [5, 5.41) is 12.0. The van der Waals surface area contributed by atoms with E-state index in [1.807, 2.05) is 12.1 Å². The fraction of sp³-hybridized carbons (Fsp3) is 0.538. The third-order valence-corrected chi connectivity index (χ3v) is 3.64. The molecule has 2 aromatic rings. The summed E-state index contributed by atoms with van der Waals surface area (Å²) in [6, 6.07) is 3.99. The Labute approximate surface area is 106 Å². The number of nitrogens with zero attached hydrogens (tertiary/aromatic N) is 3. The van der Waals surface area contributed by atoms with Crippen molar-refractivity contribution in [2.75, 3.05) is 13.1 Å². The van der Waals surface area contributed by atoms with Crippen LogP contribution in [0.2, 0.25) is 0 Å². The second-order valence-electron chi connectivity index (χ2n) is 5.00. The fourth-order valence-electron chi connectivity index (χ4n) is 2.60. The van der Waals surface area contributed by atoms with Gasteiger partial charge in [0.05, 0.1) is 0 Å². The van der Waals surface area contributed by atoms with Crippen LogP contribution in [0.3, 0.4) is 0 Å². The quantitative estimate of drug-likeness (QED) is 0.836. The number of hydrogen-bond donors (Lipinski definition) is 2. The maximum Gasteiger partial charge on any atom is 0.160 e. The second-order valence-corrected chi connectivity index (χ2v) is 5.00. The van der Waals surface area contributed by atoms with Crippen LogP contribution in [0.4, 0.5) is 0 Å². The first kappa shape index (κ1) is 11.6. The Bertz CT molecular complexity index is 527. The molecule has 3 N–H and O–H groups in total. The molecule has 2 aromatic heterocycles. The lowest BCUT2D eigenvalue weighted by molar-refractivity contribution is 0.370. The van der Waals surface area contributed by atoms with E-state index in [-0.39, 0.29) is 0 Å². The molecular formula is C13H19N5. The molecule has 0 aliphatic carbocycles. The number of nitrogens with two attached hydrogens (primary N) is 1. The Balaban J connectivity index is 1.86. The minimum atomic E-state index is 0.554. The van der Waals surface area contributed by atoms with Crippen molar-refractivity contribution in [3.05, 3.63) is 29.7 Å². The topological polar surface area (TPSA) is 68.2 Å². The van der Waals surface area contributed by atoms with Gasteiger partial charge in [0, 0.05) is 19.2 Å². The summed E-state index contributed by atoms with van der Waals surface area (Å²) in [4.78, 5) is 0. The predicted molar refractivity (Wildman–Crippen MR) is 70.2 cm³/mol. The molecule has 0 saturated carbocycles. The number of nitrogens with one attached hydrogen (secondary N) is 1. The molecule has 1 fully saturated rings. The van der Waals surface area contributed by atoms with Gasteiger partial charge in [-0.1, -0.05) is 6.07 Å². The van der Waals surface area contributed by atoms with Gasteiger partial charge in [0.1, 0.15) is 5.82 Å². The van der Waals surface area contributed by atoms with Crippen LogP contribution < -0.4 is 11.1 Å². The number of pyridine rings is 1. The largest absolute Gasteiger partial charge is 0.326 e. The highest BCUT2D eigenvalue weighted by molar-refractivity contribution is 5.39. The lowest BCUT2D eigenvalue weighted by atomic mass is 9.96. The van der Waals surface area contributed by atoms with E-state index in [1.165, 1.54) is 12.8 Å². The average molecular weight is 245 g/mol. The summed E-state index contributed by atoms with van der Waals surface area (Å²) in [5.74, 6) is 1.72. The van der Waals surface area contributed by atoms with Crippen LogP contribution in [0.5, 0.6) is 0 Å². The molecule has 1 aliphatic rings. The monoisotopic (exact) mass is 245 g/mol. The molecule has 18 heavy (non-hydrogen) atoms. The van der Waals surface area contributed by atoms with E-state index in [0.717, 1.165) is 36.5 Å². The van der Waals surface area contributed by atoms with Crippen molar-refractivity contribution in [3.8, 4) is 0 Å². The first-order valence-electron chi connectivity index (χ1n) is 6.60. The summed E-state index contributed by atoms with van der Waals surface area (Å²) in [5.41, 5.74) is 7.70. The zero-order chi connectivity index (χ0) is 12.4. The Morgan fingerprint density at radius 3 is 3.11 bits per heavy atom. The maximum atomic E-state index is 5.68. The molecule has 3 rings (SSSR count). The molecule has 5 heteroatoms. The van der Waals surface area contributed by atoms with E-state index < -0.39 is 0 Å². The number of aromatic nitrogens is 3. The zero-order valence-corrected chi connectivity index (χ0v) is 10.5. The van der Waals surface area contributed by atoms with Crippen molar-refractivity contribution in [1.82, 2.24) is 19.9 Å². The van der Waals surface area contributed by atoms with Gasteiger partial charge >= 0.3 is 0 Å². The minimum Gasteiger partial charge on any atom is -0.326 e. The third kappa shape index (κ3) is 2.23. The van der Waals surface area contributed by atoms with Crippen LogP contribution in [0, 0.1) is 5.92 Å². The Morgan fingerprint density at radius 2 is 2.33 bits per heavy atom. The normalized spacial score (nSPS) is 20.4. The highest BCUT2D eigenvalue weighted by Gasteiger charge is 2.16. The van der Waals surface area contributed by atoms with Crippen molar-refractivity contribution in [3.63, 3.8) is 0 Å². The van der Waals surface area contributed by atoms with Crippen LogP contribution in [-0.2, 0) is 13.0 Å². The number of rotatable bonds is 3. The Hall–Kier alpha value is -1.46. The van der Waals surface area contributed by atoms with Crippen LogP contribution in [0.1, 0.15) is 24.2 Å². The van der Waals surface area contributed by atoms with E-state index in [0.29, 0.717) is 12.5 Å². The van der Waals surface area contributed by atoms with Gasteiger partial charge in [-0.25, -0.2) is 0 Å². The average Bonchev–Trinajstić information content (AvgIpc) is 2.82. The van der Waals surface area contributed by atoms with Crippen molar-refractivity contribution in [1.29, 1.82) is 0 Å². The molecule has 96 valence electrons. The molecule has 3 heterocycles. The van der Waals surface area contributed by atoms with Gasteiger partial charge in [-0.15, -0.1) is 10.2 Å². The maximum absolute atomic E-state index is 5.68. The summed E-state index contributed by atoms with van der Waals surface area (Å²) >= 11 is 0. The molecule has 0 radical (unpaired) electrons. The summed E-state index contributed by atoms with van der Waals surface area (Å²) in [6.45, 7) is 2.79. The number of fused-ring (bicyclic) bond motifs is 1. The van der Waals surface area contributed by atoms with Crippen LogP contribution >= 0.6 is 0 Å². The van der Waals surface area contributed by atoms with Gasteiger partial charge in [-0.05, 0) is 43.5 Å². The smallest absolute Gasteiger partial charge is 0.160 e. The summed E-state index contributed by atoms with van der Waals surface area (Å²) < 4.78 is 2.08. The summed E-state index contributed by atoms with van der Waals surface area (Å²) in [7, 11) is 0. The first-order valence-corrected chi connectivity index (χ1v) is 6.60. The van der Waals surface area contributed by atoms with Crippen LogP contribution in [-0.4, -0.2) is 27.7 Å². The number of piperidine rings is 1. The van der Waals surface area contributed by atoms with E-state index in [9.17, 15) is 0 Å². The molecule has 0 amide bonds. The van der Waals surface area contributed by atoms with E-state index in [4.69, 9.17) is 5.73 Å². The van der Waals surface area contributed by atoms with Gasteiger partial charge < -0.3 is 11.1 Å². The highest BCUT2D eigenvalue weighted by atomic mass is 15.2. The minimum absolute atomic E-state index is 0.554. The van der Waals surface area contributed by atoms with Crippen molar-refractivity contribution < 1.29 is 0 Å². The van der Waals surface area contributed by atoms with Crippen molar-refractivity contribution in [2.45, 2.75) is 25.8 Å². The first-order chi connectivity index (χ1) is 8.86. The van der Waals surface area contributed by atoms with Gasteiger partial charge in [0.15, 0.2) is 5.65 Å². The van der Waals surface area contributed by atoms with Crippen LogP contribution in [0.15, 0.2) is 18.3 Å².